The summed E-state index contributed by atoms with van der Waals surface area (Å²) in [5.41, 5.74) is 2.73. The Hall–Kier alpha value is -0.120. The van der Waals surface area contributed by atoms with E-state index in [9.17, 15) is 0 Å². The van der Waals surface area contributed by atoms with E-state index in [1.807, 2.05) is 10.4 Å². The van der Waals surface area contributed by atoms with Crippen molar-refractivity contribution in [2.75, 3.05) is 0 Å². The summed E-state index contributed by atoms with van der Waals surface area (Å²) >= 11 is 8.55. The molecule has 0 saturated carbocycles. The molecule has 1 heterocycles. The highest BCUT2D eigenvalue weighted by Crippen LogP contribution is 2.25. The maximum absolute atomic E-state index is 4.28. The number of fused-ring (bicyclic) bond motifs is 1. The summed E-state index contributed by atoms with van der Waals surface area (Å²) in [6.45, 7) is 1.89. The number of hydrogen-bond donors (Lipinski definition) is 2. The average Bonchev–Trinajstić information content (AvgIpc) is 2.27. The fraction of sp³-hybridized carbons (Fsp3) is 0.250. The highest BCUT2D eigenvalue weighted by Gasteiger charge is 2.15. The van der Waals surface area contributed by atoms with E-state index in [0.717, 1.165) is 18.0 Å². The fourth-order valence-electron chi connectivity index (χ4n) is 1.36. The first-order valence-corrected chi connectivity index (χ1v) is 4.35. The molecule has 1 aromatic carbocycles. The van der Waals surface area contributed by atoms with E-state index in [0.29, 0.717) is 0 Å². The lowest BCUT2D eigenvalue weighted by atomic mass is 10.1. The van der Waals surface area contributed by atoms with Gasteiger partial charge >= 0.3 is 0 Å². The van der Waals surface area contributed by atoms with E-state index in [1.54, 1.807) is 0 Å². The molecule has 1 aromatic rings. The van der Waals surface area contributed by atoms with Gasteiger partial charge in [-0.2, -0.15) is 0 Å². The van der Waals surface area contributed by atoms with Gasteiger partial charge in [0.05, 0.1) is 0 Å². The first-order chi connectivity index (χ1) is 5.25. The van der Waals surface area contributed by atoms with E-state index < -0.39 is 0 Å². The minimum absolute atomic E-state index is 0.937. The average molecular weight is 183 g/mol. The summed E-state index contributed by atoms with van der Waals surface area (Å²) in [6, 6.07) is 6.25. The second kappa shape index (κ2) is 2.73. The number of hydrogen-bond acceptors (Lipinski definition) is 3. The number of thiol groups is 2. The smallest absolute Gasteiger partial charge is 0.0345 e. The molecule has 0 saturated heterocycles. The lowest BCUT2D eigenvalue weighted by molar-refractivity contribution is 0.516. The van der Waals surface area contributed by atoms with Gasteiger partial charge in [-0.3, -0.25) is 0 Å². The van der Waals surface area contributed by atoms with Crippen LogP contribution in [0.4, 0.5) is 0 Å². The third-order valence-corrected chi connectivity index (χ3v) is 2.46. The minimum atomic E-state index is 0.937. The molecule has 0 N–H and O–H groups in total. The van der Waals surface area contributed by atoms with Crippen molar-refractivity contribution in [3.05, 3.63) is 29.3 Å². The van der Waals surface area contributed by atoms with E-state index >= 15 is 0 Å². The van der Waals surface area contributed by atoms with Gasteiger partial charge in [0.2, 0.25) is 0 Å². The van der Waals surface area contributed by atoms with Crippen LogP contribution in [0.2, 0.25) is 0 Å². The highest BCUT2D eigenvalue weighted by molar-refractivity contribution is 7.80. The largest absolute Gasteiger partial charge is 0.244 e. The first kappa shape index (κ1) is 7.53. The van der Waals surface area contributed by atoms with Crippen LogP contribution in [0.5, 0.6) is 0 Å². The zero-order valence-electron chi connectivity index (χ0n) is 5.99. The van der Waals surface area contributed by atoms with Crippen LogP contribution in [0, 0.1) is 0 Å². The second-order valence-electron chi connectivity index (χ2n) is 2.78. The van der Waals surface area contributed by atoms with Gasteiger partial charge in [-0.15, -0.1) is 12.6 Å². The van der Waals surface area contributed by atoms with Crippen molar-refractivity contribution in [1.82, 2.24) is 4.31 Å². The van der Waals surface area contributed by atoms with Crippen LogP contribution in [-0.2, 0) is 13.1 Å². The first-order valence-electron chi connectivity index (χ1n) is 3.50. The lowest BCUT2D eigenvalue weighted by Gasteiger charge is -2.00. The molecular formula is C8H9NS2. The van der Waals surface area contributed by atoms with Crippen LogP contribution < -0.4 is 0 Å². The summed E-state index contributed by atoms with van der Waals surface area (Å²) in [7, 11) is 0. The van der Waals surface area contributed by atoms with Crippen molar-refractivity contribution >= 4 is 25.4 Å². The Bertz CT molecular complexity index is 285. The zero-order chi connectivity index (χ0) is 7.84. The van der Waals surface area contributed by atoms with Crippen LogP contribution in [0.1, 0.15) is 11.1 Å². The summed E-state index contributed by atoms with van der Waals surface area (Å²) in [5, 5.41) is 0. The Labute approximate surface area is 77.4 Å². The molecule has 0 radical (unpaired) electrons. The van der Waals surface area contributed by atoms with Gasteiger partial charge in [-0.1, -0.05) is 18.9 Å². The van der Waals surface area contributed by atoms with Crippen molar-refractivity contribution in [1.29, 1.82) is 0 Å². The maximum Gasteiger partial charge on any atom is 0.0345 e. The zero-order valence-corrected chi connectivity index (χ0v) is 7.78. The molecular weight excluding hydrogens is 174 g/mol. The monoisotopic (exact) mass is 183 g/mol. The molecule has 1 aliphatic rings. The highest BCUT2D eigenvalue weighted by atomic mass is 32.1. The molecule has 3 heteroatoms. The van der Waals surface area contributed by atoms with Crippen molar-refractivity contribution in [2.45, 2.75) is 18.0 Å². The summed E-state index contributed by atoms with van der Waals surface area (Å²) in [4.78, 5) is 1.03. The van der Waals surface area contributed by atoms with Crippen LogP contribution in [0.25, 0.3) is 0 Å². The van der Waals surface area contributed by atoms with Crippen molar-refractivity contribution < 1.29 is 0 Å². The molecule has 1 aliphatic heterocycles. The van der Waals surface area contributed by atoms with Gasteiger partial charge in [0.15, 0.2) is 0 Å². The Morgan fingerprint density at radius 3 is 2.73 bits per heavy atom. The predicted molar refractivity (Wildman–Crippen MR) is 51.9 cm³/mol. The molecule has 58 valence electrons. The molecule has 0 aromatic heterocycles. The summed E-state index contributed by atoms with van der Waals surface area (Å²) in [5.74, 6) is 0. The Balaban J connectivity index is 2.43. The van der Waals surface area contributed by atoms with E-state index in [2.05, 4.69) is 37.6 Å². The van der Waals surface area contributed by atoms with E-state index in [-0.39, 0.29) is 0 Å². The standard InChI is InChI=1S/C8H9NS2/c10-8-2-1-6-4-9(11)5-7(6)3-8/h1-3,10-11H,4-5H2. The van der Waals surface area contributed by atoms with Gasteiger partial charge in [0.25, 0.3) is 0 Å². The minimum Gasteiger partial charge on any atom is -0.244 e. The molecule has 0 atom stereocenters. The number of rotatable bonds is 0. The Morgan fingerprint density at radius 1 is 1.18 bits per heavy atom. The van der Waals surface area contributed by atoms with Crippen molar-refractivity contribution in [3.63, 3.8) is 0 Å². The Morgan fingerprint density at radius 2 is 1.91 bits per heavy atom. The van der Waals surface area contributed by atoms with Crippen LogP contribution in [0.15, 0.2) is 23.1 Å². The third-order valence-electron chi connectivity index (χ3n) is 1.90. The second-order valence-corrected chi connectivity index (χ2v) is 3.86. The van der Waals surface area contributed by atoms with Crippen molar-refractivity contribution in [3.8, 4) is 0 Å². The lowest BCUT2D eigenvalue weighted by Crippen LogP contribution is -1.99. The molecule has 0 bridgehead atoms. The molecule has 2 rings (SSSR count). The maximum atomic E-state index is 4.28. The SMILES string of the molecule is Sc1ccc2c(c1)CN(S)C2. The predicted octanol–water partition coefficient (Wildman–Crippen LogP) is 2.14. The molecule has 0 fully saturated rings. The topological polar surface area (TPSA) is 3.24 Å². The molecule has 0 amide bonds. The molecule has 1 nitrogen and oxygen atoms in total. The fourth-order valence-corrected chi connectivity index (χ4v) is 1.90. The van der Waals surface area contributed by atoms with Crippen LogP contribution >= 0.6 is 25.4 Å². The summed E-state index contributed by atoms with van der Waals surface area (Å²) in [6.07, 6.45) is 0. The van der Waals surface area contributed by atoms with E-state index in [4.69, 9.17) is 0 Å². The van der Waals surface area contributed by atoms with Gasteiger partial charge in [-0.05, 0) is 23.3 Å². The molecule has 11 heavy (non-hydrogen) atoms. The van der Waals surface area contributed by atoms with Gasteiger partial charge in [-0.25, -0.2) is 4.31 Å². The molecule has 0 unspecified atom stereocenters. The van der Waals surface area contributed by atoms with Crippen LogP contribution in [-0.4, -0.2) is 4.31 Å². The molecule has 0 spiro atoms. The van der Waals surface area contributed by atoms with Crippen molar-refractivity contribution in [2.24, 2.45) is 0 Å². The van der Waals surface area contributed by atoms with Gasteiger partial charge in [0.1, 0.15) is 0 Å². The van der Waals surface area contributed by atoms with Gasteiger partial charge < -0.3 is 0 Å². The third kappa shape index (κ3) is 1.41. The molecule has 0 aliphatic carbocycles. The normalized spacial score (nSPS) is 16.9. The van der Waals surface area contributed by atoms with E-state index in [1.165, 1.54) is 11.1 Å². The Kier molecular flexibility index (Phi) is 1.87. The number of nitrogens with zero attached hydrogens (tertiary/aromatic N) is 1. The quantitative estimate of drug-likeness (QED) is 0.583. The number of benzene rings is 1. The van der Waals surface area contributed by atoms with Gasteiger partial charge in [0, 0.05) is 18.0 Å². The summed E-state index contributed by atoms with van der Waals surface area (Å²) < 4.78 is 2.00. The van der Waals surface area contributed by atoms with Crippen LogP contribution in [0.3, 0.4) is 0 Å².